The van der Waals surface area contributed by atoms with Crippen LogP contribution in [0, 0.1) is 20.2 Å². The lowest BCUT2D eigenvalue weighted by atomic mass is 11.1. The van der Waals surface area contributed by atoms with Crippen LogP contribution in [-0.2, 0) is 0 Å². The lowest BCUT2D eigenvalue weighted by molar-refractivity contribution is -0.681. The molecule has 0 saturated heterocycles. The third-order valence-corrected chi connectivity index (χ3v) is 2.64. The van der Waals surface area contributed by atoms with E-state index in [1.807, 2.05) is 0 Å². The Balaban J connectivity index is 4.28. The maximum atomic E-state index is 10.0. The highest BCUT2D eigenvalue weighted by atomic mass is 28.2. The number of hydrogen-bond donors (Lipinski definition) is 0. The molecule has 0 amide bonds. The largest absolute Gasteiger partial charge is 0.291 e. The van der Waals surface area contributed by atoms with Gasteiger partial charge in [0, 0.05) is 0 Å². The fourth-order valence-electron chi connectivity index (χ4n) is 0.282. The molecule has 11 heteroatoms. The summed E-state index contributed by atoms with van der Waals surface area (Å²) in [5, 5.41) is 18.4. The molecule has 0 saturated carbocycles. The SMILES string of the molecule is O=[N+]([O-])N([Si])C([Si])N([Si])[N+](=O)[O-]. The minimum absolute atomic E-state index is 0.326. The minimum atomic E-state index is -1.25. The molecular formula is CHN4O4Si3. The van der Waals surface area contributed by atoms with Crippen LogP contribution in [0.1, 0.15) is 0 Å². The van der Waals surface area contributed by atoms with E-state index < -0.39 is 15.9 Å². The van der Waals surface area contributed by atoms with Gasteiger partial charge in [-0.2, -0.15) is 0 Å². The van der Waals surface area contributed by atoms with Gasteiger partial charge >= 0.3 is 0 Å². The smallest absolute Gasteiger partial charge is 0.235 e. The molecule has 0 fully saturated rings. The topological polar surface area (TPSA) is 92.8 Å². The fraction of sp³-hybridized carbons (Fsp3) is 1.00. The Morgan fingerprint density at radius 2 is 1.33 bits per heavy atom. The molecule has 8 nitrogen and oxygen atoms in total. The highest BCUT2D eigenvalue weighted by Crippen LogP contribution is 1.95. The summed E-state index contributed by atoms with van der Waals surface area (Å²) in [5.74, 6) is -1.25. The van der Waals surface area contributed by atoms with E-state index in [1.165, 1.54) is 0 Å². The standard InChI is InChI=1S/CHN4O4Si3/c6-4(7)2(11)1(10)3(12)5(8)9/h1H. The molecule has 0 aromatic rings. The molecule has 0 N–H and O–H groups in total. The van der Waals surface area contributed by atoms with E-state index in [0.29, 0.717) is 9.35 Å². The van der Waals surface area contributed by atoms with Crippen molar-refractivity contribution >= 4 is 31.1 Å². The highest BCUT2D eigenvalue weighted by molar-refractivity contribution is 6.18. The Hall–Kier alpha value is -0.949. The van der Waals surface area contributed by atoms with Crippen molar-refractivity contribution in [3.8, 4) is 0 Å². The van der Waals surface area contributed by atoms with Gasteiger partial charge in [0.25, 0.3) is 20.8 Å². The van der Waals surface area contributed by atoms with Gasteiger partial charge < -0.3 is 0 Å². The molecule has 0 aliphatic rings. The average molecular weight is 217 g/mol. The monoisotopic (exact) mass is 217 g/mol. The molecule has 0 bridgehead atoms. The van der Waals surface area contributed by atoms with Gasteiger partial charge in [-0.3, -0.25) is 0 Å². The van der Waals surface area contributed by atoms with E-state index >= 15 is 0 Å². The predicted octanol–water partition coefficient (Wildman–Crippen LogP) is -2.41. The maximum absolute atomic E-state index is 10.0. The third-order valence-electron chi connectivity index (χ3n) is 0.815. The first-order valence-electron chi connectivity index (χ1n) is 2.38. The Morgan fingerprint density at radius 3 is 1.50 bits per heavy atom. The highest BCUT2D eigenvalue weighted by Gasteiger charge is 2.26. The van der Waals surface area contributed by atoms with E-state index in [-0.39, 0.29) is 0 Å². The quantitative estimate of drug-likeness (QED) is 0.225. The first kappa shape index (κ1) is 11.1. The summed E-state index contributed by atoms with van der Waals surface area (Å²) in [6.07, 6.45) is 0. The third kappa shape index (κ3) is 2.59. The van der Waals surface area contributed by atoms with Crippen molar-refractivity contribution in [3.63, 3.8) is 0 Å². The summed E-state index contributed by atoms with van der Waals surface area (Å²) in [6, 6.07) is 0. The zero-order chi connectivity index (χ0) is 9.89. The van der Waals surface area contributed by atoms with Crippen LogP contribution < -0.4 is 0 Å². The number of hydrogen-bond acceptors (Lipinski definition) is 4. The lowest BCUT2D eigenvalue weighted by Crippen LogP contribution is -2.51. The van der Waals surface area contributed by atoms with E-state index in [4.69, 9.17) is 0 Å². The van der Waals surface area contributed by atoms with Crippen molar-refractivity contribution in [2.45, 2.75) is 5.79 Å². The predicted molar refractivity (Wildman–Crippen MR) is 38.7 cm³/mol. The molecular weight excluding hydrogens is 216 g/mol. The second-order valence-corrected chi connectivity index (χ2v) is 2.97. The van der Waals surface area contributed by atoms with E-state index in [0.717, 1.165) is 0 Å². The average Bonchev–Trinajstić information content (AvgIpc) is 2.00. The van der Waals surface area contributed by atoms with Crippen LogP contribution in [0.5, 0.6) is 0 Å². The van der Waals surface area contributed by atoms with E-state index in [9.17, 15) is 20.2 Å². The molecule has 12 heavy (non-hydrogen) atoms. The van der Waals surface area contributed by atoms with Gasteiger partial charge in [-0.1, -0.05) is 0 Å². The molecule has 0 spiro atoms. The van der Waals surface area contributed by atoms with Crippen LogP contribution >= 0.6 is 0 Å². The van der Waals surface area contributed by atoms with Gasteiger partial charge in [-0.25, -0.2) is 20.2 Å². The van der Waals surface area contributed by atoms with Crippen LogP contribution in [0.3, 0.4) is 0 Å². The van der Waals surface area contributed by atoms with Gasteiger partial charge in [0.1, 0.15) is 10.2 Å². The number of rotatable bonds is 4. The molecule has 9 radical (unpaired) electrons. The Bertz CT molecular complexity index is 179. The molecule has 0 aromatic carbocycles. The fourth-order valence-corrected chi connectivity index (χ4v) is 0.805. The van der Waals surface area contributed by atoms with Crippen molar-refractivity contribution < 1.29 is 10.1 Å². The number of hydrazine groups is 2. The Labute approximate surface area is 77.2 Å². The zero-order valence-electron chi connectivity index (χ0n) is 5.50. The normalized spacial score (nSPS) is 9.67. The number of nitro groups is 2. The van der Waals surface area contributed by atoms with Gasteiger partial charge in [-0.15, -0.1) is 9.35 Å². The van der Waals surface area contributed by atoms with Gasteiger partial charge in [0.2, 0.25) is 0 Å². The second kappa shape index (κ2) is 4.17. The molecule has 0 aliphatic carbocycles. The van der Waals surface area contributed by atoms with Crippen molar-refractivity contribution in [1.82, 2.24) is 9.35 Å². The van der Waals surface area contributed by atoms with Crippen LogP contribution in [0.2, 0.25) is 0 Å². The molecule has 61 valence electrons. The van der Waals surface area contributed by atoms with Crippen LogP contribution in [0.25, 0.3) is 0 Å². The van der Waals surface area contributed by atoms with Crippen molar-refractivity contribution in [2.24, 2.45) is 0 Å². The molecule has 0 rings (SSSR count). The summed E-state index contributed by atoms with van der Waals surface area (Å²) in [7, 11) is 7.81. The summed E-state index contributed by atoms with van der Waals surface area (Å²) in [4.78, 5) is 20.1. The van der Waals surface area contributed by atoms with E-state index in [2.05, 4.69) is 31.1 Å². The summed E-state index contributed by atoms with van der Waals surface area (Å²) < 4.78 is 0.652. The van der Waals surface area contributed by atoms with Gasteiger partial charge in [-0.05, 0) is 0 Å². The van der Waals surface area contributed by atoms with Crippen LogP contribution in [-0.4, -0.2) is 56.3 Å². The molecule has 0 atom stereocenters. The Kier molecular flexibility index (Phi) is 3.84. The van der Waals surface area contributed by atoms with Crippen LogP contribution in [0.4, 0.5) is 0 Å². The Morgan fingerprint density at radius 1 is 1.08 bits per heavy atom. The second-order valence-electron chi connectivity index (χ2n) is 1.54. The summed E-state index contributed by atoms with van der Waals surface area (Å²) in [6.45, 7) is 0. The zero-order valence-corrected chi connectivity index (χ0v) is 8.50. The van der Waals surface area contributed by atoms with Gasteiger partial charge in [0.05, 0.1) is 0 Å². The molecule has 0 aliphatic heterocycles. The van der Waals surface area contributed by atoms with E-state index in [1.54, 1.807) is 0 Å². The van der Waals surface area contributed by atoms with Gasteiger partial charge in [0.15, 0.2) is 15.9 Å². The van der Waals surface area contributed by atoms with Crippen molar-refractivity contribution in [3.05, 3.63) is 20.2 Å². The minimum Gasteiger partial charge on any atom is -0.235 e. The maximum Gasteiger partial charge on any atom is 0.291 e. The first-order chi connectivity index (χ1) is 5.37. The first-order valence-corrected chi connectivity index (χ1v) is 3.85. The van der Waals surface area contributed by atoms with Crippen LogP contribution in [0.15, 0.2) is 0 Å². The molecule has 0 heterocycles. The molecule has 0 unspecified atom stereocenters. The lowest BCUT2D eigenvalue weighted by Gasteiger charge is -2.20. The molecule has 0 aromatic heterocycles. The van der Waals surface area contributed by atoms with Crippen molar-refractivity contribution in [1.29, 1.82) is 0 Å². The summed E-state index contributed by atoms with van der Waals surface area (Å²) in [5.41, 5.74) is 0. The van der Waals surface area contributed by atoms with Crippen molar-refractivity contribution in [2.75, 3.05) is 0 Å². The number of nitrogens with zero attached hydrogens (tertiary/aromatic N) is 4. The summed E-state index contributed by atoms with van der Waals surface area (Å²) >= 11 is 0.